The molecule has 1 atom stereocenters. The van der Waals surface area contributed by atoms with Crippen LogP contribution in [0.2, 0.25) is 5.02 Å². The molecule has 1 aliphatic heterocycles. The van der Waals surface area contributed by atoms with Crippen molar-refractivity contribution < 1.29 is 17.9 Å². The molecule has 30 heavy (non-hydrogen) atoms. The van der Waals surface area contributed by atoms with Crippen LogP contribution in [0.1, 0.15) is 27.2 Å². The fourth-order valence-corrected chi connectivity index (χ4v) is 7.05. The number of carbonyl (C=O) groups is 1. The smallest absolute Gasteiger partial charge is 0.266 e. The van der Waals surface area contributed by atoms with E-state index in [0.29, 0.717) is 22.9 Å². The minimum absolute atomic E-state index is 0.0173. The second kappa shape index (κ2) is 8.21. The number of halogens is 1. The molecule has 158 valence electrons. The number of rotatable bonds is 5. The van der Waals surface area contributed by atoms with Crippen LogP contribution in [0, 0.1) is 6.92 Å². The van der Waals surface area contributed by atoms with Crippen molar-refractivity contribution in [3.8, 4) is 5.75 Å². The molecule has 0 spiro atoms. The fraction of sp³-hybridized carbons (Fsp3) is 0.318. The fourth-order valence-electron chi connectivity index (χ4n) is 3.76. The lowest BCUT2D eigenvalue weighted by Gasteiger charge is -2.28. The first kappa shape index (κ1) is 21.2. The van der Waals surface area contributed by atoms with Crippen LogP contribution in [0.25, 0.3) is 10.1 Å². The number of carbonyl (C=O) groups excluding carboxylic acids is 1. The second-order valence-electron chi connectivity index (χ2n) is 7.58. The first-order valence-corrected chi connectivity index (χ1v) is 12.6. The highest BCUT2D eigenvalue weighted by atomic mass is 35.5. The summed E-state index contributed by atoms with van der Waals surface area (Å²) in [7, 11) is -1.55. The zero-order valence-corrected chi connectivity index (χ0v) is 19.1. The van der Waals surface area contributed by atoms with E-state index in [0.717, 1.165) is 27.0 Å². The third kappa shape index (κ3) is 4.19. The number of ether oxygens (including phenoxy) is 1. The monoisotopic (exact) mass is 463 g/mol. The van der Waals surface area contributed by atoms with Crippen molar-refractivity contribution in [2.24, 2.45) is 0 Å². The Hall–Kier alpha value is -2.09. The molecule has 0 radical (unpaired) electrons. The average molecular weight is 464 g/mol. The van der Waals surface area contributed by atoms with E-state index < -0.39 is 9.84 Å². The number of sulfone groups is 1. The van der Waals surface area contributed by atoms with E-state index in [2.05, 4.69) is 0 Å². The number of fused-ring (bicyclic) bond motifs is 1. The summed E-state index contributed by atoms with van der Waals surface area (Å²) in [5.74, 6) is 0.583. The quantitative estimate of drug-likeness (QED) is 0.550. The molecule has 1 aromatic heterocycles. The summed E-state index contributed by atoms with van der Waals surface area (Å²) in [6.45, 7) is 2.31. The van der Waals surface area contributed by atoms with Crippen molar-refractivity contribution in [1.82, 2.24) is 4.90 Å². The first-order chi connectivity index (χ1) is 14.3. The van der Waals surface area contributed by atoms with Gasteiger partial charge < -0.3 is 9.64 Å². The van der Waals surface area contributed by atoms with E-state index in [1.807, 2.05) is 49.4 Å². The van der Waals surface area contributed by atoms with Gasteiger partial charge in [0.1, 0.15) is 10.6 Å². The van der Waals surface area contributed by atoms with Gasteiger partial charge in [-0.3, -0.25) is 4.79 Å². The maximum Gasteiger partial charge on any atom is 0.266 e. The van der Waals surface area contributed by atoms with Crippen LogP contribution in [0.3, 0.4) is 0 Å². The van der Waals surface area contributed by atoms with Gasteiger partial charge in [-0.15, -0.1) is 11.3 Å². The number of amides is 1. The number of thiophene rings is 1. The van der Waals surface area contributed by atoms with Gasteiger partial charge >= 0.3 is 0 Å². The zero-order valence-electron chi connectivity index (χ0n) is 16.7. The highest BCUT2D eigenvalue weighted by Gasteiger charge is 2.36. The number of benzene rings is 2. The summed E-state index contributed by atoms with van der Waals surface area (Å²) in [4.78, 5) is 15.7. The third-order valence-electron chi connectivity index (χ3n) is 5.40. The number of methoxy groups -OCH3 is 1. The van der Waals surface area contributed by atoms with Gasteiger partial charge in [0.05, 0.1) is 23.6 Å². The van der Waals surface area contributed by atoms with Crippen molar-refractivity contribution >= 4 is 48.8 Å². The van der Waals surface area contributed by atoms with Crippen molar-refractivity contribution in [1.29, 1.82) is 0 Å². The molecule has 5 nitrogen and oxygen atoms in total. The molecule has 0 bridgehead atoms. The van der Waals surface area contributed by atoms with Crippen LogP contribution in [-0.2, 0) is 16.4 Å². The summed E-state index contributed by atoms with van der Waals surface area (Å²) in [5, 5.41) is 1.28. The van der Waals surface area contributed by atoms with E-state index >= 15 is 0 Å². The zero-order chi connectivity index (χ0) is 21.5. The average Bonchev–Trinajstić information content (AvgIpc) is 3.24. The van der Waals surface area contributed by atoms with Gasteiger partial charge in [0.25, 0.3) is 5.91 Å². The molecule has 2 aromatic carbocycles. The van der Waals surface area contributed by atoms with Crippen molar-refractivity contribution in [3.63, 3.8) is 0 Å². The number of aryl methyl sites for hydroxylation is 1. The molecule has 4 rings (SSSR count). The molecule has 1 aliphatic rings. The maximum absolute atomic E-state index is 13.6. The Labute approximate surface area is 185 Å². The first-order valence-electron chi connectivity index (χ1n) is 9.60. The molecule has 0 aliphatic carbocycles. The van der Waals surface area contributed by atoms with Crippen LogP contribution < -0.4 is 4.74 Å². The van der Waals surface area contributed by atoms with Gasteiger partial charge in [0.2, 0.25) is 0 Å². The molecule has 1 saturated heterocycles. The van der Waals surface area contributed by atoms with Crippen LogP contribution in [-0.4, -0.2) is 43.9 Å². The van der Waals surface area contributed by atoms with Crippen molar-refractivity contribution in [3.05, 3.63) is 63.5 Å². The lowest BCUT2D eigenvalue weighted by Crippen LogP contribution is -2.40. The molecule has 0 N–H and O–H groups in total. The normalized spacial score (nSPS) is 17.9. The Morgan fingerprint density at radius 1 is 1.23 bits per heavy atom. The Balaban J connectivity index is 1.71. The number of hydrogen-bond acceptors (Lipinski definition) is 5. The van der Waals surface area contributed by atoms with E-state index in [1.165, 1.54) is 11.3 Å². The van der Waals surface area contributed by atoms with Crippen LogP contribution in [0.15, 0.2) is 42.5 Å². The van der Waals surface area contributed by atoms with E-state index in [-0.39, 0.29) is 23.5 Å². The summed E-state index contributed by atoms with van der Waals surface area (Å²) in [6, 6.07) is 13.0. The highest BCUT2D eigenvalue weighted by molar-refractivity contribution is 7.91. The van der Waals surface area contributed by atoms with Crippen molar-refractivity contribution in [2.75, 3.05) is 18.6 Å². The molecule has 1 amide bonds. The lowest BCUT2D eigenvalue weighted by molar-refractivity contribution is 0.0686. The molecule has 1 fully saturated rings. The van der Waals surface area contributed by atoms with Crippen LogP contribution in [0.5, 0.6) is 5.75 Å². The highest BCUT2D eigenvalue weighted by Crippen LogP contribution is 2.37. The van der Waals surface area contributed by atoms with Gasteiger partial charge in [-0.2, -0.15) is 0 Å². The Kier molecular flexibility index (Phi) is 5.79. The molecule has 0 unspecified atom stereocenters. The number of nitrogens with zero attached hydrogens (tertiary/aromatic N) is 1. The summed E-state index contributed by atoms with van der Waals surface area (Å²) in [6.07, 6.45) is 0.436. The molecule has 8 heteroatoms. The Morgan fingerprint density at radius 2 is 1.97 bits per heavy atom. The maximum atomic E-state index is 13.6. The molecular weight excluding hydrogens is 442 g/mol. The largest absolute Gasteiger partial charge is 0.497 e. The molecular formula is C22H22ClNO4S2. The SMILES string of the molecule is COc1ccc(CN(C(=O)c2sc3cc(C)ccc3c2Cl)[C@@H]2CCS(=O)(=O)C2)cc1. The summed E-state index contributed by atoms with van der Waals surface area (Å²) < 4.78 is 30.4. The predicted molar refractivity (Wildman–Crippen MR) is 121 cm³/mol. The summed E-state index contributed by atoms with van der Waals surface area (Å²) in [5.41, 5.74) is 2.00. The second-order valence-corrected chi connectivity index (χ2v) is 11.2. The minimum atomic E-state index is -3.14. The lowest BCUT2D eigenvalue weighted by atomic mass is 10.1. The van der Waals surface area contributed by atoms with E-state index in [9.17, 15) is 13.2 Å². The van der Waals surface area contributed by atoms with Gasteiger partial charge in [-0.05, 0) is 42.7 Å². The van der Waals surface area contributed by atoms with Crippen molar-refractivity contribution in [2.45, 2.75) is 25.9 Å². The minimum Gasteiger partial charge on any atom is -0.497 e. The van der Waals surface area contributed by atoms with E-state index in [4.69, 9.17) is 16.3 Å². The molecule has 0 saturated carbocycles. The number of hydrogen-bond donors (Lipinski definition) is 0. The van der Waals surface area contributed by atoms with Crippen LogP contribution >= 0.6 is 22.9 Å². The topological polar surface area (TPSA) is 63.7 Å². The standard InChI is InChI=1S/C22H22ClNO4S2/c1-14-3-8-18-19(11-14)29-21(20(18)23)22(25)24(16-9-10-30(26,27)13-16)12-15-4-6-17(28-2)7-5-15/h3-8,11,16H,9-10,12-13H2,1-2H3/t16-/m1/s1. The molecule has 3 aromatic rings. The van der Waals surface area contributed by atoms with Gasteiger partial charge in [-0.25, -0.2) is 8.42 Å². The van der Waals surface area contributed by atoms with Gasteiger partial charge in [-0.1, -0.05) is 35.9 Å². The summed E-state index contributed by atoms with van der Waals surface area (Å²) >= 11 is 7.94. The Bertz CT molecular complexity index is 1200. The predicted octanol–water partition coefficient (Wildman–Crippen LogP) is 4.70. The molecule has 2 heterocycles. The van der Waals surface area contributed by atoms with Crippen LogP contribution in [0.4, 0.5) is 0 Å². The van der Waals surface area contributed by atoms with Gasteiger partial charge in [0.15, 0.2) is 9.84 Å². The van der Waals surface area contributed by atoms with Gasteiger partial charge in [0, 0.05) is 22.7 Å². The Morgan fingerprint density at radius 3 is 2.60 bits per heavy atom. The van der Waals surface area contributed by atoms with E-state index in [1.54, 1.807) is 12.0 Å². The third-order valence-corrected chi connectivity index (χ3v) is 8.80.